The molecule has 4 rings (SSSR count). The molecule has 172 valence electrons. The molecule has 0 aliphatic carbocycles. The number of sulfonamides is 1. The Morgan fingerprint density at radius 1 is 1.31 bits per heavy atom. The Kier molecular flexibility index (Phi) is 5.72. The number of fused-ring (bicyclic) bond motifs is 1. The van der Waals surface area contributed by atoms with Gasteiger partial charge in [0.2, 0.25) is 10.0 Å². The van der Waals surface area contributed by atoms with Crippen molar-refractivity contribution in [2.75, 3.05) is 13.1 Å². The fourth-order valence-electron chi connectivity index (χ4n) is 4.28. The molecule has 0 amide bonds. The number of hydrogen-bond acceptors (Lipinski definition) is 5. The quantitative estimate of drug-likeness (QED) is 0.606. The van der Waals surface area contributed by atoms with Gasteiger partial charge in [0, 0.05) is 30.9 Å². The van der Waals surface area contributed by atoms with Crippen LogP contribution in [0.5, 0.6) is 0 Å². The monoisotopic (exact) mass is 462 g/mol. The van der Waals surface area contributed by atoms with Crippen molar-refractivity contribution in [1.82, 2.24) is 19.1 Å². The van der Waals surface area contributed by atoms with E-state index in [9.17, 15) is 22.7 Å². The highest BCUT2D eigenvalue weighted by atomic mass is 32.2. The van der Waals surface area contributed by atoms with E-state index in [1.807, 2.05) is 6.92 Å². The highest BCUT2D eigenvalue weighted by molar-refractivity contribution is 7.89. The first-order valence-electron chi connectivity index (χ1n) is 10.7. The molecule has 3 heterocycles. The van der Waals surface area contributed by atoms with Crippen LogP contribution in [-0.4, -0.2) is 50.9 Å². The Morgan fingerprint density at radius 2 is 2.06 bits per heavy atom. The van der Waals surface area contributed by atoms with Gasteiger partial charge in [0.05, 0.1) is 27.9 Å². The molecule has 0 bridgehead atoms. The summed E-state index contributed by atoms with van der Waals surface area (Å²) < 4.78 is 42.7. The Hall–Kier alpha value is -2.56. The van der Waals surface area contributed by atoms with Crippen molar-refractivity contribution in [3.63, 3.8) is 0 Å². The second kappa shape index (κ2) is 8.09. The lowest BCUT2D eigenvalue weighted by Crippen LogP contribution is -2.51. The maximum atomic E-state index is 14.6. The van der Waals surface area contributed by atoms with E-state index in [4.69, 9.17) is 0 Å². The van der Waals surface area contributed by atoms with Crippen LogP contribution in [0.1, 0.15) is 39.2 Å². The lowest BCUT2D eigenvalue weighted by molar-refractivity contribution is -0.0137. The molecular formula is C22H27FN4O4S. The standard InChI is InChI=1S/C22H27FN4O4S/c1-4-27-20-11-15(10-18(23)16(20)12-24-27)19-7-6-17(21(28)25-19)22(29)8-5-9-26(13-22)32(30,31)14(2)3/h6-7,10-12,14,29H,4-5,8-9,13H2,1-3H3,(H,25,28). The van der Waals surface area contributed by atoms with E-state index in [1.165, 1.54) is 22.6 Å². The summed E-state index contributed by atoms with van der Waals surface area (Å²) in [5, 5.41) is 15.2. The van der Waals surface area contributed by atoms with Crippen molar-refractivity contribution in [2.24, 2.45) is 0 Å². The van der Waals surface area contributed by atoms with Gasteiger partial charge in [-0.25, -0.2) is 12.8 Å². The molecule has 3 aromatic rings. The molecular weight excluding hydrogens is 435 g/mol. The molecule has 2 N–H and O–H groups in total. The van der Waals surface area contributed by atoms with Gasteiger partial charge in [0.25, 0.3) is 5.56 Å². The van der Waals surface area contributed by atoms with Gasteiger partial charge in [-0.3, -0.25) is 9.48 Å². The van der Waals surface area contributed by atoms with Gasteiger partial charge < -0.3 is 10.1 Å². The number of aryl methyl sites for hydroxylation is 1. The maximum Gasteiger partial charge on any atom is 0.254 e. The number of pyridine rings is 1. The molecule has 1 aliphatic rings. The number of nitrogens with one attached hydrogen (secondary N) is 1. The summed E-state index contributed by atoms with van der Waals surface area (Å²) in [6, 6.07) is 6.20. The number of H-pyrrole nitrogens is 1. The molecule has 1 aliphatic heterocycles. The van der Waals surface area contributed by atoms with Crippen LogP contribution in [0.3, 0.4) is 0 Å². The van der Waals surface area contributed by atoms with Gasteiger partial charge in [0.15, 0.2) is 0 Å². The van der Waals surface area contributed by atoms with Gasteiger partial charge in [0.1, 0.15) is 11.4 Å². The number of benzene rings is 1. The minimum Gasteiger partial charge on any atom is -0.384 e. The number of rotatable bonds is 5. The molecule has 32 heavy (non-hydrogen) atoms. The summed E-state index contributed by atoms with van der Waals surface area (Å²) in [4.78, 5) is 15.7. The largest absolute Gasteiger partial charge is 0.384 e. The van der Waals surface area contributed by atoms with Crippen molar-refractivity contribution in [3.8, 4) is 11.3 Å². The number of aromatic amines is 1. The number of hydrogen-bond donors (Lipinski definition) is 2. The van der Waals surface area contributed by atoms with E-state index in [0.29, 0.717) is 41.7 Å². The van der Waals surface area contributed by atoms with Crippen LogP contribution in [0.15, 0.2) is 35.3 Å². The molecule has 0 saturated carbocycles. The minimum absolute atomic E-state index is 0.102. The topological polar surface area (TPSA) is 108 Å². The van der Waals surface area contributed by atoms with Crippen LogP contribution >= 0.6 is 0 Å². The van der Waals surface area contributed by atoms with E-state index < -0.39 is 32.3 Å². The van der Waals surface area contributed by atoms with E-state index in [-0.39, 0.29) is 18.5 Å². The predicted octanol–water partition coefficient (Wildman–Crippen LogP) is 2.57. The van der Waals surface area contributed by atoms with E-state index in [1.54, 1.807) is 30.7 Å². The molecule has 1 unspecified atom stereocenters. The lowest BCUT2D eigenvalue weighted by Gasteiger charge is -2.39. The van der Waals surface area contributed by atoms with Gasteiger partial charge in [-0.1, -0.05) is 0 Å². The molecule has 1 aromatic carbocycles. The summed E-state index contributed by atoms with van der Waals surface area (Å²) in [5.74, 6) is -0.442. The van der Waals surface area contributed by atoms with Crippen molar-refractivity contribution in [1.29, 1.82) is 0 Å². The van der Waals surface area contributed by atoms with Crippen molar-refractivity contribution in [3.05, 3.63) is 52.2 Å². The Labute approximate surface area is 185 Å². The van der Waals surface area contributed by atoms with E-state index in [0.717, 1.165) is 0 Å². The number of nitrogens with zero attached hydrogens (tertiary/aromatic N) is 3. The van der Waals surface area contributed by atoms with Crippen LogP contribution in [0, 0.1) is 5.82 Å². The van der Waals surface area contributed by atoms with Crippen molar-refractivity contribution >= 4 is 20.9 Å². The Balaban J connectivity index is 1.71. The smallest absolute Gasteiger partial charge is 0.254 e. The zero-order chi connectivity index (χ0) is 23.3. The highest BCUT2D eigenvalue weighted by Crippen LogP contribution is 2.33. The number of piperidine rings is 1. The van der Waals surface area contributed by atoms with E-state index in [2.05, 4.69) is 10.1 Å². The van der Waals surface area contributed by atoms with Crippen LogP contribution in [-0.2, 0) is 22.2 Å². The van der Waals surface area contributed by atoms with Crippen molar-refractivity contribution < 1.29 is 17.9 Å². The van der Waals surface area contributed by atoms with Crippen LogP contribution in [0.2, 0.25) is 0 Å². The first-order chi connectivity index (χ1) is 15.1. The van der Waals surface area contributed by atoms with Gasteiger partial charge >= 0.3 is 0 Å². The molecule has 0 spiro atoms. The first-order valence-corrected chi connectivity index (χ1v) is 12.2. The minimum atomic E-state index is -3.56. The normalized spacial score (nSPS) is 20.3. The summed E-state index contributed by atoms with van der Waals surface area (Å²) in [6.07, 6.45) is 2.18. The number of β-amino-alcohol motifs (C(OH)–C–C–N with tert-alkyl or cyclic N) is 1. The lowest BCUT2D eigenvalue weighted by atomic mass is 9.87. The highest BCUT2D eigenvalue weighted by Gasteiger charge is 2.41. The third kappa shape index (κ3) is 3.76. The first kappa shape index (κ1) is 22.6. The fourth-order valence-corrected chi connectivity index (χ4v) is 5.66. The third-order valence-electron chi connectivity index (χ3n) is 6.12. The van der Waals surface area contributed by atoms with Crippen LogP contribution in [0.4, 0.5) is 4.39 Å². The summed E-state index contributed by atoms with van der Waals surface area (Å²) in [5.41, 5.74) is -0.526. The summed E-state index contributed by atoms with van der Waals surface area (Å²) in [7, 11) is -3.56. The second-order valence-electron chi connectivity index (χ2n) is 8.53. The maximum absolute atomic E-state index is 14.6. The molecule has 1 atom stereocenters. The molecule has 1 saturated heterocycles. The average Bonchev–Trinajstić information content (AvgIpc) is 3.17. The molecule has 1 fully saturated rings. The number of halogens is 1. The number of aromatic nitrogens is 3. The second-order valence-corrected chi connectivity index (χ2v) is 11.0. The molecule has 2 aromatic heterocycles. The van der Waals surface area contributed by atoms with Gasteiger partial charge in [-0.15, -0.1) is 0 Å². The van der Waals surface area contributed by atoms with Crippen LogP contribution in [0.25, 0.3) is 22.2 Å². The van der Waals surface area contributed by atoms with Crippen LogP contribution < -0.4 is 5.56 Å². The zero-order valence-corrected chi connectivity index (χ0v) is 19.1. The third-order valence-corrected chi connectivity index (χ3v) is 8.35. The average molecular weight is 463 g/mol. The van der Waals surface area contributed by atoms with E-state index >= 15 is 0 Å². The number of aliphatic hydroxyl groups is 1. The Morgan fingerprint density at radius 3 is 2.72 bits per heavy atom. The molecule has 10 heteroatoms. The Bertz CT molecular complexity index is 1330. The summed E-state index contributed by atoms with van der Waals surface area (Å²) >= 11 is 0. The van der Waals surface area contributed by atoms with Crippen molar-refractivity contribution in [2.45, 2.75) is 51.0 Å². The van der Waals surface area contributed by atoms with Gasteiger partial charge in [-0.2, -0.15) is 9.40 Å². The summed E-state index contributed by atoms with van der Waals surface area (Å²) in [6.45, 7) is 5.79. The SMILES string of the molecule is CCn1ncc2c(F)cc(-c3ccc(C4(O)CCCN(S(=O)(=O)C(C)C)C4)c(=O)[nH]3)cc21. The zero-order valence-electron chi connectivity index (χ0n) is 18.3. The molecule has 8 nitrogen and oxygen atoms in total. The fraction of sp³-hybridized carbons (Fsp3) is 0.455. The van der Waals surface area contributed by atoms with Gasteiger partial charge in [-0.05, 0) is 57.9 Å². The predicted molar refractivity (Wildman–Crippen MR) is 120 cm³/mol. The molecule has 0 radical (unpaired) electrons.